The zero-order valence-electron chi connectivity index (χ0n) is 14.6. The fourth-order valence-electron chi connectivity index (χ4n) is 2.48. The first-order valence-electron chi connectivity index (χ1n) is 7.96. The molecule has 0 spiro atoms. The van der Waals surface area contributed by atoms with Gasteiger partial charge in [-0.2, -0.15) is 4.39 Å². The Kier molecular flexibility index (Phi) is 5.71. The summed E-state index contributed by atoms with van der Waals surface area (Å²) in [5, 5.41) is 4.92. The van der Waals surface area contributed by atoms with E-state index in [0.29, 0.717) is 16.1 Å². The molecule has 6 nitrogen and oxygen atoms in total. The van der Waals surface area contributed by atoms with E-state index in [4.69, 9.17) is 0 Å². The molecule has 0 fully saturated rings. The SMILES string of the molecule is CS(=O)(=O)Nc1ccc(F)c(CC(=O)Nc2cc(-c3ccnc(F)c3)cs2)c1. The third-order valence-electron chi connectivity index (χ3n) is 3.62. The lowest BCUT2D eigenvalue weighted by Gasteiger charge is -2.08. The lowest BCUT2D eigenvalue weighted by atomic mass is 10.1. The topological polar surface area (TPSA) is 88.2 Å². The predicted octanol–water partition coefficient (Wildman–Crippen LogP) is 3.64. The maximum atomic E-state index is 14.0. The Bertz CT molecular complexity index is 1130. The highest BCUT2D eigenvalue weighted by atomic mass is 32.2. The van der Waals surface area contributed by atoms with Crippen LogP contribution in [0, 0.1) is 11.8 Å². The van der Waals surface area contributed by atoms with E-state index in [1.54, 1.807) is 17.5 Å². The number of aromatic nitrogens is 1. The summed E-state index contributed by atoms with van der Waals surface area (Å²) in [5.41, 5.74) is 1.56. The number of nitrogens with zero attached hydrogens (tertiary/aromatic N) is 1. The van der Waals surface area contributed by atoms with E-state index in [2.05, 4.69) is 15.0 Å². The Hall–Kier alpha value is -2.85. The van der Waals surface area contributed by atoms with E-state index >= 15 is 0 Å². The Morgan fingerprint density at radius 3 is 2.64 bits per heavy atom. The van der Waals surface area contributed by atoms with E-state index in [9.17, 15) is 22.0 Å². The van der Waals surface area contributed by atoms with Crippen LogP contribution < -0.4 is 10.0 Å². The maximum Gasteiger partial charge on any atom is 0.229 e. The molecule has 0 atom stereocenters. The summed E-state index contributed by atoms with van der Waals surface area (Å²) in [6, 6.07) is 8.25. The van der Waals surface area contributed by atoms with Crippen molar-refractivity contribution < 1.29 is 22.0 Å². The highest BCUT2D eigenvalue weighted by molar-refractivity contribution is 7.92. The molecule has 1 amide bonds. The lowest BCUT2D eigenvalue weighted by Crippen LogP contribution is -2.15. The smallest absolute Gasteiger partial charge is 0.229 e. The van der Waals surface area contributed by atoms with Crippen molar-refractivity contribution in [2.45, 2.75) is 6.42 Å². The normalized spacial score (nSPS) is 11.2. The van der Waals surface area contributed by atoms with E-state index in [1.807, 2.05) is 0 Å². The highest BCUT2D eigenvalue weighted by Gasteiger charge is 2.13. The molecule has 2 N–H and O–H groups in total. The van der Waals surface area contributed by atoms with Gasteiger partial charge >= 0.3 is 0 Å². The number of anilines is 2. The summed E-state index contributed by atoms with van der Waals surface area (Å²) in [6.07, 6.45) is 2.05. The zero-order valence-corrected chi connectivity index (χ0v) is 16.2. The molecule has 1 aromatic carbocycles. The first kappa shape index (κ1) is 19.9. The molecule has 10 heteroatoms. The number of pyridine rings is 1. The van der Waals surface area contributed by atoms with Crippen molar-refractivity contribution in [1.29, 1.82) is 0 Å². The van der Waals surface area contributed by atoms with Crippen LogP contribution in [0.2, 0.25) is 0 Å². The monoisotopic (exact) mass is 423 g/mol. The van der Waals surface area contributed by atoms with Crippen LogP contribution in [0.15, 0.2) is 48.0 Å². The molecule has 0 saturated carbocycles. The Labute approximate surface area is 164 Å². The number of hydrogen-bond acceptors (Lipinski definition) is 5. The maximum absolute atomic E-state index is 14.0. The second-order valence-electron chi connectivity index (χ2n) is 5.97. The molecule has 2 aromatic heterocycles. The van der Waals surface area contributed by atoms with Crippen molar-refractivity contribution in [3.63, 3.8) is 0 Å². The van der Waals surface area contributed by atoms with Gasteiger partial charge in [0, 0.05) is 23.3 Å². The van der Waals surface area contributed by atoms with Crippen LogP contribution in [-0.4, -0.2) is 25.6 Å². The van der Waals surface area contributed by atoms with Gasteiger partial charge in [-0.05, 0) is 47.0 Å². The second-order valence-corrected chi connectivity index (χ2v) is 8.63. The molecule has 0 radical (unpaired) electrons. The van der Waals surface area contributed by atoms with Gasteiger partial charge in [-0.25, -0.2) is 17.8 Å². The average Bonchev–Trinajstić information content (AvgIpc) is 3.05. The minimum absolute atomic E-state index is 0.0548. The van der Waals surface area contributed by atoms with Gasteiger partial charge in [0.05, 0.1) is 17.7 Å². The summed E-state index contributed by atoms with van der Waals surface area (Å²) < 4.78 is 52.0. The fraction of sp³-hybridized carbons (Fsp3) is 0.111. The second kappa shape index (κ2) is 8.03. The summed E-state index contributed by atoms with van der Waals surface area (Å²) in [5.74, 6) is -1.69. The Morgan fingerprint density at radius 2 is 1.93 bits per heavy atom. The van der Waals surface area contributed by atoms with Gasteiger partial charge in [0.15, 0.2) is 0 Å². The third kappa shape index (κ3) is 5.33. The summed E-state index contributed by atoms with van der Waals surface area (Å²) >= 11 is 1.24. The van der Waals surface area contributed by atoms with Crippen molar-refractivity contribution in [3.05, 3.63) is 65.3 Å². The van der Waals surface area contributed by atoms with Crippen molar-refractivity contribution in [1.82, 2.24) is 4.98 Å². The van der Waals surface area contributed by atoms with Crippen LogP contribution in [-0.2, 0) is 21.2 Å². The number of amides is 1. The predicted molar refractivity (Wildman–Crippen MR) is 105 cm³/mol. The summed E-state index contributed by atoms with van der Waals surface area (Å²) in [4.78, 5) is 15.7. The molecule has 0 aliphatic carbocycles. The van der Waals surface area contributed by atoms with Crippen LogP contribution in [0.25, 0.3) is 11.1 Å². The quantitative estimate of drug-likeness (QED) is 0.593. The number of benzene rings is 1. The van der Waals surface area contributed by atoms with Gasteiger partial charge in [0.25, 0.3) is 0 Å². The molecule has 3 aromatic rings. The van der Waals surface area contributed by atoms with Gasteiger partial charge < -0.3 is 5.32 Å². The number of carbonyl (C=O) groups is 1. The number of thiophene rings is 1. The van der Waals surface area contributed by atoms with Crippen LogP contribution in [0.5, 0.6) is 0 Å². The van der Waals surface area contributed by atoms with Crippen LogP contribution in [0.3, 0.4) is 0 Å². The van der Waals surface area contributed by atoms with Gasteiger partial charge in [-0.3, -0.25) is 9.52 Å². The Morgan fingerprint density at radius 1 is 1.14 bits per heavy atom. The van der Waals surface area contributed by atoms with E-state index in [0.717, 1.165) is 12.3 Å². The zero-order chi connectivity index (χ0) is 20.3. The van der Waals surface area contributed by atoms with E-state index < -0.39 is 27.7 Å². The highest BCUT2D eigenvalue weighted by Crippen LogP contribution is 2.29. The third-order valence-corrected chi connectivity index (χ3v) is 5.07. The molecule has 0 unspecified atom stereocenters. The lowest BCUT2D eigenvalue weighted by molar-refractivity contribution is -0.115. The molecule has 146 valence electrons. The van der Waals surface area contributed by atoms with Crippen LogP contribution in [0.1, 0.15) is 5.56 Å². The number of sulfonamides is 1. The van der Waals surface area contributed by atoms with Crippen molar-refractivity contribution in [2.24, 2.45) is 0 Å². The first-order chi connectivity index (χ1) is 13.2. The molecular weight excluding hydrogens is 408 g/mol. The van der Waals surface area contributed by atoms with E-state index in [1.165, 1.54) is 35.7 Å². The summed E-state index contributed by atoms with van der Waals surface area (Å²) in [7, 11) is -3.51. The first-order valence-corrected chi connectivity index (χ1v) is 10.7. The standard InChI is InChI=1S/C18H15F2N3O3S2/c1-28(25,26)23-14-2-3-15(19)12(6-14)8-17(24)22-18-9-13(10-27-18)11-4-5-21-16(20)7-11/h2-7,9-10,23H,8H2,1H3,(H,22,24). The number of rotatable bonds is 6. The van der Waals surface area contributed by atoms with Gasteiger partial charge in [0.2, 0.25) is 21.9 Å². The molecule has 0 bridgehead atoms. The molecule has 0 aliphatic heterocycles. The number of hydrogen-bond donors (Lipinski definition) is 2. The average molecular weight is 423 g/mol. The number of carbonyl (C=O) groups excluding carboxylic acids is 1. The van der Waals surface area contributed by atoms with Gasteiger partial charge in [-0.1, -0.05) is 0 Å². The van der Waals surface area contributed by atoms with Crippen LogP contribution in [0.4, 0.5) is 19.5 Å². The minimum atomic E-state index is -3.51. The molecule has 0 saturated heterocycles. The fourth-order valence-corrected chi connectivity index (χ4v) is 3.86. The van der Waals surface area contributed by atoms with Gasteiger partial charge in [0.1, 0.15) is 5.82 Å². The van der Waals surface area contributed by atoms with E-state index in [-0.39, 0.29) is 17.7 Å². The molecule has 0 aliphatic rings. The molecule has 2 heterocycles. The molecule has 28 heavy (non-hydrogen) atoms. The van der Waals surface area contributed by atoms with Crippen molar-refractivity contribution >= 4 is 38.0 Å². The molecular formula is C18H15F2N3O3S2. The van der Waals surface area contributed by atoms with Crippen molar-refractivity contribution in [3.8, 4) is 11.1 Å². The number of nitrogens with one attached hydrogen (secondary N) is 2. The largest absolute Gasteiger partial charge is 0.317 e. The number of halogens is 2. The minimum Gasteiger partial charge on any atom is -0.317 e. The summed E-state index contributed by atoms with van der Waals surface area (Å²) in [6.45, 7) is 0. The Balaban J connectivity index is 1.70. The van der Waals surface area contributed by atoms with Crippen molar-refractivity contribution in [2.75, 3.05) is 16.3 Å². The van der Waals surface area contributed by atoms with Crippen LogP contribution >= 0.6 is 11.3 Å². The van der Waals surface area contributed by atoms with Gasteiger partial charge in [-0.15, -0.1) is 11.3 Å². The molecule has 3 rings (SSSR count).